The second kappa shape index (κ2) is 10.4. The van der Waals surface area contributed by atoms with Gasteiger partial charge in [-0.05, 0) is 0 Å². The van der Waals surface area contributed by atoms with Crippen LogP contribution in [-0.4, -0.2) is 67.3 Å². The molecule has 0 saturated heterocycles. The van der Waals surface area contributed by atoms with E-state index in [2.05, 4.69) is 0 Å². The fourth-order valence-corrected chi connectivity index (χ4v) is 0. The Morgan fingerprint density at radius 3 is 0.500 bits per heavy atom. The molecule has 0 fully saturated rings. The van der Waals surface area contributed by atoms with Crippen molar-refractivity contribution in [2.45, 2.75) is 0 Å². The van der Waals surface area contributed by atoms with Crippen LogP contribution in [0.2, 0.25) is 0 Å². The third-order valence-corrected chi connectivity index (χ3v) is 0. The minimum Gasteiger partial charge on any atom is -0.303 e. The summed E-state index contributed by atoms with van der Waals surface area (Å²) in [7, 11) is -18.6. The van der Waals surface area contributed by atoms with Crippen LogP contribution in [0, 0.1) is 0 Å². The molecule has 0 aromatic rings. The molecule has 0 aliphatic carbocycles. The van der Waals surface area contributed by atoms with Crippen LogP contribution < -0.4 is 0 Å². The number of hydrogen-bond donors (Lipinski definition) is 9. The van der Waals surface area contributed by atoms with Gasteiger partial charge in [-0.25, -0.2) is 4.57 Å². The molecule has 128 valence electrons. The highest BCUT2D eigenvalue weighted by atomic mass is 32.3. The Hall–Kier alpha value is -0.280. The van der Waals surface area contributed by atoms with E-state index < -0.39 is 39.0 Å². The van der Waals surface area contributed by atoms with Crippen molar-refractivity contribution in [1.29, 1.82) is 0 Å². The third-order valence-electron chi connectivity index (χ3n) is 0. The molecular formula is H9O16PS3. The minimum atomic E-state index is -4.67. The molecule has 0 unspecified atom stereocenters. The SMILES string of the molecule is O=P(O)(O)O.O=S(=O)(O)O.O=S(=O)(O)O.O=S(=O)(O)O. The van der Waals surface area contributed by atoms with E-state index >= 15 is 0 Å². The molecule has 9 N–H and O–H groups in total. The number of hydrogen-bond acceptors (Lipinski definition) is 7. The van der Waals surface area contributed by atoms with Crippen molar-refractivity contribution in [3.05, 3.63) is 0 Å². The van der Waals surface area contributed by atoms with Crippen LogP contribution in [0.15, 0.2) is 0 Å². The lowest BCUT2D eigenvalue weighted by Crippen LogP contribution is -1.89. The minimum absolute atomic E-state index is 4.64. The summed E-state index contributed by atoms with van der Waals surface area (Å²) in [6.45, 7) is 0. The van der Waals surface area contributed by atoms with Crippen LogP contribution in [0.1, 0.15) is 0 Å². The summed E-state index contributed by atoms with van der Waals surface area (Å²) in [4.78, 5) is 21.6. The molecule has 0 spiro atoms. The van der Waals surface area contributed by atoms with Gasteiger partial charge in [0.2, 0.25) is 0 Å². The molecule has 0 saturated carbocycles. The normalized spacial score (nSPS) is 11.7. The van der Waals surface area contributed by atoms with Crippen LogP contribution in [-0.2, 0) is 35.8 Å². The lowest BCUT2D eigenvalue weighted by molar-refractivity contribution is 0.275. The lowest BCUT2D eigenvalue weighted by atomic mass is 15.8. The van der Waals surface area contributed by atoms with Gasteiger partial charge in [-0.3, -0.25) is 27.3 Å². The van der Waals surface area contributed by atoms with Crippen molar-refractivity contribution >= 4 is 39.0 Å². The highest BCUT2D eigenvalue weighted by Gasteiger charge is 2.00. The van der Waals surface area contributed by atoms with E-state index in [1.165, 1.54) is 0 Å². The first-order chi connectivity index (χ1) is 8.00. The van der Waals surface area contributed by atoms with E-state index in [1.807, 2.05) is 0 Å². The van der Waals surface area contributed by atoms with Crippen LogP contribution in [0.25, 0.3) is 0 Å². The number of rotatable bonds is 0. The fourth-order valence-electron chi connectivity index (χ4n) is 0. The van der Waals surface area contributed by atoms with Crippen LogP contribution >= 0.6 is 7.82 Å². The topological polar surface area (TPSA) is 302 Å². The highest BCUT2D eigenvalue weighted by Crippen LogP contribution is 2.25. The summed E-state index contributed by atoms with van der Waals surface area (Å²) in [6.07, 6.45) is 0. The number of phosphoric acid groups is 1. The van der Waals surface area contributed by atoms with Crippen LogP contribution in [0.4, 0.5) is 0 Å². The van der Waals surface area contributed by atoms with Gasteiger partial charge in [-0.1, -0.05) is 0 Å². The van der Waals surface area contributed by atoms with Gasteiger partial charge in [0, 0.05) is 0 Å². The Labute approximate surface area is 111 Å². The molecule has 0 amide bonds. The van der Waals surface area contributed by atoms with Gasteiger partial charge in [0.1, 0.15) is 0 Å². The Morgan fingerprint density at radius 2 is 0.500 bits per heavy atom. The largest absolute Gasteiger partial charge is 0.466 e. The van der Waals surface area contributed by atoms with Crippen molar-refractivity contribution < 1.29 is 71.8 Å². The molecule has 0 heterocycles. The van der Waals surface area contributed by atoms with Crippen molar-refractivity contribution in [1.82, 2.24) is 0 Å². The Bertz CT molecular complexity index is 460. The van der Waals surface area contributed by atoms with Gasteiger partial charge < -0.3 is 14.7 Å². The predicted molar refractivity (Wildman–Crippen MR) is 56.8 cm³/mol. The second-order valence-corrected chi connectivity index (χ2v) is 5.57. The zero-order chi connectivity index (χ0) is 18.0. The summed E-state index contributed by atoms with van der Waals surface area (Å²) in [5, 5.41) is 0. The van der Waals surface area contributed by atoms with Crippen molar-refractivity contribution in [3.8, 4) is 0 Å². The molecule has 20 heteroatoms. The third kappa shape index (κ3) is 63200. The van der Waals surface area contributed by atoms with Gasteiger partial charge in [0.25, 0.3) is 0 Å². The first-order valence-electron chi connectivity index (χ1n) is 2.88. The van der Waals surface area contributed by atoms with Crippen molar-refractivity contribution in [2.24, 2.45) is 0 Å². The van der Waals surface area contributed by atoms with Gasteiger partial charge in [-0.15, -0.1) is 0 Å². The average molecular weight is 392 g/mol. The van der Waals surface area contributed by atoms with E-state index in [9.17, 15) is 0 Å². The summed E-state index contributed by atoms with van der Waals surface area (Å²) in [6, 6.07) is 0. The second-order valence-electron chi connectivity index (χ2n) is 1.86. The molecule has 0 aromatic heterocycles. The lowest BCUT2D eigenvalue weighted by Gasteiger charge is -1.82. The monoisotopic (exact) mass is 392 g/mol. The van der Waals surface area contributed by atoms with Gasteiger partial charge in [0.05, 0.1) is 0 Å². The summed E-state index contributed by atoms with van der Waals surface area (Å²) in [5.41, 5.74) is 0. The van der Waals surface area contributed by atoms with E-state index in [4.69, 9.17) is 71.8 Å². The van der Waals surface area contributed by atoms with Crippen LogP contribution in [0.3, 0.4) is 0 Å². The molecule has 16 nitrogen and oxygen atoms in total. The van der Waals surface area contributed by atoms with Gasteiger partial charge in [-0.2, -0.15) is 25.3 Å². The van der Waals surface area contributed by atoms with Crippen LogP contribution in [0.5, 0.6) is 0 Å². The smallest absolute Gasteiger partial charge is 0.303 e. The van der Waals surface area contributed by atoms with Crippen molar-refractivity contribution in [3.63, 3.8) is 0 Å². The van der Waals surface area contributed by atoms with E-state index in [-0.39, 0.29) is 0 Å². The summed E-state index contributed by atoms with van der Waals surface area (Å²) < 4.78 is 104. The Kier molecular flexibility index (Phi) is 14.6. The van der Waals surface area contributed by atoms with E-state index in [1.54, 1.807) is 0 Å². The maximum Gasteiger partial charge on any atom is 0.466 e. The summed E-state index contributed by atoms with van der Waals surface area (Å²) >= 11 is 0. The van der Waals surface area contributed by atoms with Gasteiger partial charge in [0.15, 0.2) is 0 Å². The average Bonchev–Trinajstić information content (AvgIpc) is 1.62. The quantitative estimate of drug-likeness (QED) is 0.147. The molecule has 0 atom stereocenters. The zero-order valence-corrected chi connectivity index (χ0v) is 11.9. The summed E-state index contributed by atoms with van der Waals surface area (Å²) in [5.74, 6) is 0. The molecule has 20 heavy (non-hydrogen) atoms. The molecule has 0 aliphatic rings. The predicted octanol–water partition coefficient (Wildman–Crippen LogP) is -2.89. The molecule has 0 bridgehead atoms. The van der Waals surface area contributed by atoms with E-state index in [0.29, 0.717) is 0 Å². The standard InChI is InChI=1S/H3O4P.3H2O4S/c4*1-5(2,3)4/h(H3,1,2,3,4);3*(H2,1,2,3,4). The Morgan fingerprint density at radius 1 is 0.500 bits per heavy atom. The first kappa shape index (κ1) is 28.0. The molecule has 0 rings (SSSR count). The molecular weight excluding hydrogens is 383 g/mol. The fraction of sp³-hybridized carbons (Fsp3) is 0. The highest BCUT2D eigenvalue weighted by molar-refractivity contribution is 7.80. The maximum atomic E-state index is 8.88. The van der Waals surface area contributed by atoms with Crippen molar-refractivity contribution in [2.75, 3.05) is 0 Å². The molecule has 0 aliphatic heterocycles. The molecule has 0 aromatic carbocycles. The van der Waals surface area contributed by atoms with E-state index in [0.717, 1.165) is 0 Å². The molecule has 0 radical (unpaired) electrons. The maximum absolute atomic E-state index is 8.88. The Balaban J connectivity index is -0.0000000853. The van der Waals surface area contributed by atoms with Gasteiger partial charge >= 0.3 is 39.0 Å². The zero-order valence-electron chi connectivity index (χ0n) is 8.55. The first-order valence-corrected chi connectivity index (χ1v) is 8.63.